The quantitative estimate of drug-likeness (QED) is 0.554. The van der Waals surface area contributed by atoms with E-state index in [1.165, 1.54) is 16.4 Å². The van der Waals surface area contributed by atoms with Crippen LogP contribution in [0.4, 0.5) is 5.69 Å². The van der Waals surface area contributed by atoms with Crippen molar-refractivity contribution in [2.75, 3.05) is 25.1 Å². The highest BCUT2D eigenvalue weighted by molar-refractivity contribution is 7.92. The lowest BCUT2D eigenvalue weighted by Gasteiger charge is -2.35. The molecule has 4 rings (SSSR count). The Labute approximate surface area is 199 Å². The van der Waals surface area contributed by atoms with E-state index in [0.29, 0.717) is 22.9 Å². The van der Waals surface area contributed by atoms with Crippen LogP contribution >= 0.6 is 0 Å². The summed E-state index contributed by atoms with van der Waals surface area (Å²) >= 11 is 0. The van der Waals surface area contributed by atoms with Gasteiger partial charge in [0.15, 0.2) is 6.10 Å². The first kappa shape index (κ1) is 23.4. The third kappa shape index (κ3) is 4.51. The minimum atomic E-state index is -3.91. The van der Waals surface area contributed by atoms with Crippen molar-refractivity contribution in [1.29, 1.82) is 0 Å². The van der Waals surface area contributed by atoms with Crippen molar-refractivity contribution < 1.29 is 27.4 Å². The van der Waals surface area contributed by atoms with E-state index in [1.54, 1.807) is 74.9 Å². The highest BCUT2D eigenvalue weighted by Crippen LogP contribution is 2.37. The Balaban J connectivity index is 1.61. The highest BCUT2D eigenvalue weighted by Gasteiger charge is 2.37. The normalized spacial score (nSPS) is 16.1. The standard InChI is InChI=1S/C25H26N2O6S/c1-17(20-15-18(31-2)13-14-22(20)32-3)26-25(28)24-16-27(21-11-7-8-12-23(21)33-24)34(29,30)19-9-5-4-6-10-19/h4-15,17,24H,16H2,1-3H3,(H,26,28)/t17-,24-/m0/s1. The summed E-state index contributed by atoms with van der Waals surface area (Å²) in [6.07, 6.45) is -1.05. The SMILES string of the molecule is COc1ccc(OC)c([C@H](C)NC(=O)[C@@H]2CN(S(=O)(=O)c3ccccc3)c3ccccc3O2)c1. The first-order valence-electron chi connectivity index (χ1n) is 10.7. The van der Waals surface area contributed by atoms with Gasteiger partial charge in [-0.1, -0.05) is 30.3 Å². The van der Waals surface area contributed by atoms with Crippen molar-refractivity contribution in [2.24, 2.45) is 0 Å². The first-order chi connectivity index (χ1) is 16.3. The van der Waals surface area contributed by atoms with Gasteiger partial charge in [-0.15, -0.1) is 0 Å². The summed E-state index contributed by atoms with van der Waals surface area (Å²) < 4.78 is 44.7. The lowest BCUT2D eigenvalue weighted by Crippen LogP contribution is -2.51. The predicted molar refractivity (Wildman–Crippen MR) is 128 cm³/mol. The molecule has 1 N–H and O–H groups in total. The fourth-order valence-corrected chi connectivity index (χ4v) is 5.34. The van der Waals surface area contributed by atoms with Crippen LogP contribution in [-0.4, -0.2) is 41.2 Å². The number of sulfonamides is 1. The van der Waals surface area contributed by atoms with Gasteiger partial charge < -0.3 is 19.5 Å². The molecule has 0 spiro atoms. The molecule has 3 aromatic rings. The van der Waals surface area contributed by atoms with Crippen LogP contribution in [0.1, 0.15) is 18.5 Å². The van der Waals surface area contributed by atoms with Crippen LogP contribution in [0.25, 0.3) is 0 Å². The van der Waals surface area contributed by atoms with Crippen LogP contribution in [0.5, 0.6) is 17.2 Å². The molecule has 0 aromatic heterocycles. The summed E-state index contributed by atoms with van der Waals surface area (Å²) in [5, 5.41) is 2.91. The van der Waals surface area contributed by atoms with Crippen LogP contribution in [0.15, 0.2) is 77.7 Å². The Kier molecular flexibility index (Phi) is 6.65. The van der Waals surface area contributed by atoms with Gasteiger partial charge in [0.2, 0.25) is 0 Å². The number of hydrogen-bond acceptors (Lipinski definition) is 6. The van der Waals surface area contributed by atoms with Gasteiger partial charge in [-0.2, -0.15) is 0 Å². The van der Waals surface area contributed by atoms with E-state index < -0.39 is 28.1 Å². The molecular weight excluding hydrogens is 456 g/mol. The highest BCUT2D eigenvalue weighted by atomic mass is 32.2. The number of para-hydroxylation sites is 2. The molecule has 0 radical (unpaired) electrons. The maximum atomic E-state index is 13.4. The van der Waals surface area contributed by atoms with Gasteiger partial charge in [0.1, 0.15) is 17.2 Å². The third-order valence-corrected chi connectivity index (χ3v) is 7.41. The lowest BCUT2D eigenvalue weighted by molar-refractivity contribution is -0.128. The second kappa shape index (κ2) is 9.64. The topological polar surface area (TPSA) is 94.2 Å². The number of anilines is 1. The zero-order valence-corrected chi connectivity index (χ0v) is 19.9. The number of benzene rings is 3. The molecule has 1 amide bonds. The van der Waals surface area contributed by atoms with Crippen LogP contribution in [0.2, 0.25) is 0 Å². The minimum Gasteiger partial charge on any atom is -0.497 e. The molecule has 0 aliphatic carbocycles. The van der Waals surface area contributed by atoms with Crippen molar-refractivity contribution in [3.05, 3.63) is 78.4 Å². The Hall–Kier alpha value is -3.72. The predicted octanol–water partition coefficient (Wildman–Crippen LogP) is 3.54. The molecule has 1 aliphatic rings. The van der Waals surface area contributed by atoms with Gasteiger partial charge in [0.05, 0.1) is 37.4 Å². The van der Waals surface area contributed by atoms with Crippen LogP contribution in [-0.2, 0) is 14.8 Å². The number of fused-ring (bicyclic) bond motifs is 1. The number of methoxy groups -OCH3 is 2. The molecule has 0 bridgehead atoms. The number of carbonyl (C=O) groups excluding carboxylic acids is 1. The minimum absolute atomic E-state index is 0.139. The number of ether oxygens (including phenoxy) is 3. The molecule has 0 unspecified atom stereocenters. The molecule has 0 saturated heterocycles. The second-order valence-corrected chi connectivity index (χ2v) is 9.62. The number of rotatable bonds is 7. The van der Waals surface area contributed by atoms with Crippen LogP contribution in [0, 0.1) is 0 Å². The molecule has 0 saturated carbocycles. The summed E-state index contributed by atoms with van der Waals surface area (Å²) in [6.45, 7) is 1.65. The molecule has 3 aromatic carbocycles. The van der Waals surface area contributed by atoms with Gasteiger partial charge in [0, 0.05) is 5.56 Å². The zero-order valence-electron chi connectivity index (χ0n) is 19.1. The average molecular weight is 483 g/mol. The molecular formula is C25H26N2O6S. The van der Waals surface area contributed by atoms with Gasteiger partial charge >= 0.3 is 0 Å². The zero-order chi connectivity index (χ0) is 24.3. The summed E-state index contributed by atoms with van der Waals surface area (Å²) in [5.41, 5.74) is 1.11. The number of amides is 1. The fourth-order valence-electron chi connectivity index (χ4n) is 3.85. The maximum absolute atomic E-state index is 13.4. The first-order valence-corrected chi connectivity index (χ1v) is 12.1. The van der Waals surface area contributed by atoms with E-state index in [2.05, 4.69) is 5.32 Å². The third-order valence-electron chi connectivity index (χ3n) is 5.62. The molecule has 0 fully saturated rings. The van der Waals surface area contributed by atoms with Gasteiger partial charge in [-0.3, -0.25) is 9.10 Å². The molecule has 9 heteroatoms. The Morgan fingerprint density at radius 1 is 1.03 bits per heavy atom. The summed E-state index contributed by atoms with van der Waals surface area (Å²) in [4.78, 5) is 13.4. The van der Waals surface area contributed by atoms with E-state index in [9.17, 15) is 13.2 Å². The monoisotopic (exact) mass is 482 g/mol. The average Bonchev–Trinajstić information content (AvgIpc) is 2.87. The van der Waals surface area contributed by atoms with Crippen LogP contribution < -0.4 is 23.8 Å². The summed E-state index contributed by atoms with van der Waals surface area (Å²) in [6, 6.07) is 19.8. The van der Waals surface area contributed by atoms with E-state index in [4.69, 9.17) is 14.2 Å². The number of hydrogen-bond donors (Lipinski definition) is 1. The molecule has 34 heavy (non-hydrogen) atoms. The Morgan fingerprint density at radius 3 is 2.44 bits per heavy atom. The molecule has 1 aliphatic heterocycles. The maximum Gasteiger partial charge on any atom is 0.264 e. The molecule has 178 valence electrons. The van der Waals surface area contributed by atoms with Crippen molar-refractivity contribution in [2.45, 2.75) is 24.0 Å². The number of nitrogens with one attached hydrogen (secondary N) is 1. The lowest BCUT2D eigenvalue weighted by atomic mass is 10.1. The van der Waals surface area contributed by atoms with Crippen molar-refractivity contribution >= 4 is 21.6 Å². The van der Waals surface area contributed by atoms with E-state index in [1.807, 2.05) is 6.92 Å². The van der Waals surface area contributed by atoms with Crippen molar-refractivity contribution in [1.82, 2.24) is 5.32 Å². The van der Waals surface area contributed by atoms with Crippen LogP contribution in [0.3, 0.4) is 0 Å². The van der Waals surface area contributed by atoms with E-state index in [0.717, 1.165) is 5.56 Å². The summed E-state index contributed by atoms with van der Waals surface area (Å²) in [5.74, 6) is 1.09. The number of nitrogens with zero attached hydrogens (tertiary/aromatic N) is 1. The summed E-state index contributed by atoms with van der Waals surface area (Å²) in [7, 11) is -0.797. The fraction of sp³-hybridized carbons (Fsp3) is 0.240. The Bertz CT molecular complexity index is 1280. The molecule has 2 atom stereocenters. The van der Waals surface area contributed by atoms with Gasteiger partial charge in [0.25, 0.3) is 15.9 Å². The molecule has 1 heterocycles. The van der Waals surface area contributed by atoms with Crippen molar-refractivity contribution in [3.8, 4) is 17.2 Å². The van der Waals surface area contributed by atoms with Crippen molar-refractivity contribution in [3.63, 3.8) is 0 Å². The smallest absolute Gasteiger partial charge is 0.264 e. The van der Waals surface area contributed by atoms with Gasteiger partial charge in [-0.05, 0) is 49.4 Å². The van der Waals surface area contributed by atoms with Gasteiger partial charge in [-0.25, -0.2) is 8.42 Å². The van der Waals surface area contributed by atoms with E-state index in [-0.39, 0.29) is 11.4 Å². The largest absolute Gasteiger partial charge is 0.497 e. The van der Waals surface area contributed by atoms with E-state index >= 15 is 0 Å². The number of carbonyl (C=O) groups is 1. The second-order valence-electron chi connectivity index (χ2n) is 7.76. The Morgan fingerprint density at radius 2 is 1.74 bits per heavy atom. The molecule has 8 nitrogen and oxygen atoms in total.